The molecule has 0 aliphatic heterocycles. The van der Waals surface area contributed by atoms with E-state index in [1.165, 1.54) is 17.0 Å². The fraction of sp³-hybridized carbons (Fsp3) is 0.278. The van der Waals surface area contributed by atoms with Gasteiger partial charge in [0.2, 0.25) is 0 Å². The van der Waals surface area contributed by atoms with E-state index < -0.39 is 4.92 Å². The highest BCUT2D eigenvalue weighted by molar-refractivity contribution is 6.30. The van der Waals surface area contributed by atoms with E-state index in [1.807, 2.05) is 0 Å². The summed E-state index contributed by atoms with van der Waals surface area (Å²) in [5.41, 5.74) is 0.669. The maximum absolute atomic E-state index is 12.5. The number of nitro benzene ring substituents is 1. The summed E-state index contributed by atoms with van der Waals surface area (Å²) in [7, 11) is 1.67. The highest BCUT2D eigenvalue weighted by Crippen LogP contribution is 2.22. The van der Waals surface area contributed by atoms with Crippen molar-refractivity contribution in [1.82, 2.24) is 4.90 Å². The van der Waals surface area contributed by atoms with Crippen molar-refractivity contribution in [3.8, 4) is 5.75 Å². The Hall–Kier alpha value is -2.60. The molecule has 0 spiro atoms. The topological polar surface area (TPSA) is 72.7 Å². The molecule has 0 atom stereocenters. The van der Waals surface area contributed by atoms with E-state index in [-0.39, 0.29) is 11.6 Å². The molecule has 0 aliphatic carbocycles. The number of hydrogen-bond donors (Lipinski definition) is 0. The lowest BCUT2D eigenvalue weighted by Gasteiger charge is -2.18. The monoisotopic (exact) mass is 362 g/mol. The Labute approximate surface area is 151 Å². The first-order chi connectivity index (χ1) is 11.9. The van der Waals surface area contributed by atoms with Crippen LogP contribution in [0.15, 0.2) is 42.5 Å². The molecule has 0 aliphatic rings. The summed E-state index contributed by atoms with van der Waals surface area (Å²) in [5, 5.41) is 11.6. The molecule has 2 aromatic rings. The van der Waals surface area contributed by atoms with E-state index in [0.717, 1.165) is 0 Å². The predicted molar refractivity (Wildman–Crippen MR) is 96.4 cm³/mol. The van der Waals surface area contributed by atoms with Crippen molar-refractivity contribution in [1.29, 1.82) is 0 Å². The molecule has 0 saturated heterocycles. The van der Waals surface area contributed by atoms with Gasteiger partial charge in [-0.1, -0.05) is 17.7 Å². The van der Waals surface area contributed by atoms with Crippen molar-refractivity contribution in [2.45, 2.75) is 13.3 Å². The molecule has 0 fully saturated rings. The van der Waals surface area contributed by atoms with Gasteiger partial charge in [0.1, 0.15) is 5.75 Å². The lowest BCUT2D eigenvalue weighted by Crippen LogP contribution is -2.29. The Kier molecular flexibility index (Phi) is 6.36. The number of benzene rings is 2. The summed E-state index contributed by atoms with van der Waals surface area (Å²) < 4.78 is 5.59. The minimum atomic E-state index is -0.480. The molecule has 0 unspecified atom stereocenters. The van der Waals surface area contributed by atoms with E-state index in [4.69, 9.17) is 16.3 Å². The minimum Gasteiger partial charge on any atom is -0.494 e. The summed E-state index contributed by atoms with van der Waals surface area (Å²) in [6.45, 7) is 2.52. The number of carbonyl (C=O) groups excluding carboxylic acids is 1. The zero-order chi connectivity index (χ0) is 18.4. The molecule has 1 amide bonds. The Morgan fingerprint density at radius 2 is 1.92 bits per heavy atom. The number of hydrogen-bond acceptors (Lipinski definition) is 4. The molecule has 2 aromatic carbocycles. The number of amides is 1. The first kappa shape index (κ1) is 18.7. The van der Waals surface area contributed by atoms with E-state index in [0.29, 0.717) is 41.5 Å². The highest BCUT2D eigenvalue weighted by atomic mass is 35.5. The maximum Gasteiger partial charge on any atom is 0.273 e. The molecule has 0 aromatic heterocycles. The summed E-state index contributed by atoms with van der Waals surface area (Å²) >= 11 is 5.81. The number of rotatable bonds is 7. The standard InChI is InChI=1S/C18H19ClN2O4/c1-13-16(5-3-6-17(13)21(23)24)18(22)20(2)11-4-12-25-15-9-7-14(19)8-10-15/h3,5-10H,4,11-12H2,1-2H3. The Bertz CT molecular complexity index is 762. The third-order valence-corrected chi connectivity index (χ3v) is 4.05. The van der Waals surface area contributed by atoms with Gasteiger partial charge in [-0.05, 0) is 43.7 Å². The van der Waals surface area contributed by atoms with E-state index in [1.54, 1.807) is 44.3 Å². The highest BCUT2D eigenvalue weighted by Gasteiger charge is 2.20. The number of nitro groups is 1. The quantitative estimate of drug-likeness (QED) is 0.422. The first-order valence-corrected chi connectivity index (χ1v) is 8.16. The van der Waals surface area contributed by atoms with Crippen LogP contribution in [0.1, 0.15) is 22.3 Å². The number of ether oxygens (including phenoxy) is 1. The Morgan fingerprint density at radius 1 is 1.24 bits per heavy atom. The second-order valence-corrected chi connectivity index (χ2v) is 6.03. The summed E-state index contributed by atoms with van der Waals surface area (Å²) in [6.07, 6.45) is 0.638. The molecule has 2 rings (SSSR count). The Morgan fingerprint density at radius 3 is 2.56 bits per heavy atom. The fourth-order valence-electron chi connectivity index (χ4n) is 2.38. The van der Waals surface area contributed by atoms with Crippen LogP contribution >= 0.6 is 11.6 Å². The molecule has 132 valence electrons. The Balaban J connectivity index is 1.89. The zero-order valence-electron chi connectivity index (χ0n) is 14.1. The first-order valence-electron chi connectivity index (χ1n) is 7.78. The predicted octanol–water partition coefficient (Wildman–Crippen LogP) is 4.10. The average Bonchev–Trinajstić information content (AvgIpc) is 2.59. The van der Waals surface area contributed by atoms with Gasteiger partial charge >= 0.3 is 0 Å². The van der Waals surface area contributed by atoms with Gasteiger partial charge in [-0.2, -0.15) is 0 Å². The van der Waals surface area contributed by atoms with Gasteiger partial charge in [0, 0.05) is 35.8 Å². The number of halogens is 1. The van der Waals surface area contributed by atoms with E-state index in [2.05, 4.69) is 0 Å². The minimum absolute atomic E-state index is 0.0506. The smallest absolute Gasteiger partial charge is 0.273 e. The second kappa shape index (κ2) is 8.48. The van der Waals surface area contributed by atoms with Crippen molar-refractivity contribution < 1.29 is 14.5 Å². The lowest BCUT2D eigenvalue weighted by molar-refractivity contribution is -0.385. The van der Waals surface area contributed by atoms with Crippen LogP contribution in [0.2, 0.25) is 5.02 Å². The molecule has 0 radical (unpaired) electrons. The van der Waals surface area contributed by atoms with Gasteiger partial charge in [0.05, 0.1) is 11.5 Å². The molecule has 0 saturated carbocycles. The third kappa shape index (κ3) is 4.93. The van der Waals surface area contributed by atoms with Crippen LogP contribution in [0.5, 0.6) is 5.75 Å². The van der Waals surface area contributed by atoms with Crippen molar-refractivity contribution in [3.63, 3.8) is 0 Å². The van der Waals surface area contributed by atoms with Crippen molar-refractivity contribution in [3.05, 3.63) is 68.7 Å². The SMILES string of the molecule is Cc1c(C(=O)N(C)CCCOc2ccc(Cl)cc2)cccc1[N+](=O)[O-]. The van der Waals surface area contributed by atoms with E-state index in [9.17, 15) is 14.9 Å². The van der Waals surface area contributed by atoms with Gasteiger partial charge < -0.3 is 9.64 Å². The zero-order valence-corrected chi connectivity index (χ0v) is 14.8. The normalized spacial score (nSPS) is 10.4. The van der Waals surface area contributed by atoms with Crippen LogP contribution in [0.3, 0.4) is 0 Å². The van der Waals surface area contributed by atoms with Gasteiger partial charge in [0.25, 0.3) is 11.6 Å². The summed E-state index contributed by atoms with van der Waals surface area (Å²) in [6, 6.07) is 11.6. The van der Waals surface area contributed by atoms with Crippen molar-refractivity contribution >= 4 is 23.2 Å². The van der Waals surface area contributed by atoms with Crippen molar-refractivity contribution in [2.75, 3.05) is 20.2 Å². The number of carbonyl (C=O) groups is 1. The third-order valence-electron chi connectivity index (χ3n) is 3.80. The molecule has 0 heterocycles. The van der Waals surface area contributed by atoms with Gasteiger partial charge in [-0.3, -0.25) is 14.9 Å². The van der Waals surface area contributed by atoms with Crippen LogP contribution in [0, 0.1) is 17.0 Å². The molecule has 7 heteroatoms. The fourth-order valence-corrected chi connectivity index (χ4v) is 2.51. The average molecular weight is 363 g/mol. The molecular weight excluding hydrogens is 344 g/mol. The molecule has 0 N–H and O–H groups in total. The summed E-state index contributed by atoms with van der Waals surface area (Å²) in [4.78, 5) is 24.5. The lowest BCUT2D eigenvalue weighted by atomic mass is 10.1. The van der Waals surface area contributed by atoms with Crippen LogP contribution in [0.4, 0.5) is 5.69 Å². The van der Waals surface area contributed by atoms with Crippen LogP contribution < -0.4 is 4.74 Å². The molecule has 0 bridgehead atoms. The van der Waals surface area contributed by atoms with Gasteiger partial charge in [-0.25, -0.2) is 0 Å². The molecular formula is C18H19ClN2O4. The van der Waals surface area contributed by atoms with Crippen molar-refractivity contribution in [2.24, 2.45) is 0 Å². The van der Waals surface area contributed by atoms with Crippen LogP contribution in [-0.4, -0.2) is 35.9 Å². The van der Waals surface area contributed by atoms with Crippen LogP contribution in [-0.2, 0) is 0 Å². The van der Waals surface area contributed by atoms with Crippen LogP contribution in [0.25, 0.3) is 0 Å². The maximum atomic E-state index is 12.5. The van der Waals surface area contributed by atoms with E-state index >= 15 is 0 Å². The largest absolute Gasteiger partial charge is 0.494 e. The van der Waals surface area contributed by atoms with Gasteiger partial charge in [-0.15, -0.1) is 0 Å². The van der Waals surface area contributed by atoms with Gasteiger partial charge in [0.15, 0.2) is 0 Å². The molecule has 25 heavy (non-hydrogen) atoms. The molecule has 6 nitrogen and oxygen atoms in total. The number of nitrogens with zero attached hydrogens (tertiary/aromatic N) is 2. The second-order valence-electron chi connectivity index (χ2n) is 5.59. The summed E-state index contributed by atoms with van der Waals surface area (Å²) in [5.74, 6) is 0.473.